The van der Waals surface area contributed by atoms with Crippen molar-refractivity contribution in [3.8, 4) is 11.8 Å². The van der Waals surface area contributed by atoms with E-state index in [0.717, 1.165) is 31.2 Å². The predicted molar refractivity (Wildman–Crippen MR) is 113 cm³/mol. The standard InChI is InChI=1S/C25H26N2O2/c28-23(12-11-20-7-3-1-4-8-20)27-17-14-25(15-18-27)19-22(25)24(29)26-16-13-21-9-5-2-6-10-21/h1-10,22H,13-19H2,(H,26,29)/t22-/m0/s1. The minimum absolute atomic E-state index is 0.0977. The van der Waals surface area contributed by atoms with E-state index >= 15 is 0 Å². The Balaban J connectivity index is 1.22. The lowest BCUT2D eigenvalue weighted by atomic mass is 9.90. The topological polar surface area (TPSA) is 49.4 Å². The van der Waals surface area contributed by atoms with Crippen molar-refractivity contribution in [2.45, 2.75) is 25.7 Å². The molecule has 0 aromatic heterocycles. The van der Waals surface area contributed by atoms with Crippen molar-refractivity contribution in [1.29, 1.82) is 0 Å². The van der Waals surface area contributed by atoms with Gasteiger partial charge in [0.15, 0.2) is 0 Å². The molecule has 1 atom stereocenters. The van der Waals surface area contributed by atoms with E-state index in [4.69, 9.17) is 0 Å². The molecule has 1 saturated carbocycles. The summed E-state index contributed by atoms with van der Waals surface area (Å²) in [5.41, 5.74) is 2.19. The highest BCUT2D eigenvalue weighted by Gasteiger charge is 2.58. The third-order valence-electron chi connectivity index (χ3n) is 6.20. The SMILES string of the molecule is O=C(NCCc1ccccc1)[C@@H]1CC12CCN(C(=O)C#Cc1ccccc1)CC2. The summed E-state index contributed by atoms with van der Waals surface area (Å²) in [5, 5.41) is 3.10. The monoisotopic (exact) mass is 386 g/mol. The van der Waals surface area contributed by atoms with Crippen LogP contribution in [-0.2, 0) is 16.0 Å². The fourth-order valence-electron chi connectivity index (χ4n) is 4.25. The Morgan fingerprint density at radius 3 is 2.34 bits per heavy atom. The van der Waals surface area contributed by atoms with Crippen LogP contribution in [0.3, 0.4) is 0 Å². The van der Waals surface area contributed by atoms with E-state index in [1.807, 2.05) is 53.4 Å². The Hall–Kier alpha value is -3.06. The molecule has 1 saturated heterocycles. The van der Waals surface area contributed by atoms with Crippen molar-refractivity contribution in [3.05, 3.63) is 71.8 Å². The molecule has 1 aliphatic heterocycles. The number of nitrogens with one attached hydrogen (secondary N) is 1. The van der Waals surface area contributed by atoms with Gasteiger partial charge in [0, 0.05) is 37.0 Å². The van der Waals surface area contributed by atoms with E-state index < -0.39 is 0 Å². The van der Waals surface area contributed by atoms with Gasteiger partial charge in [-0.1, -0.05) is 54.5 Å². The molecule has 2 aromatic rings. The third-order valence-corrected chi connectivity index (χ3v) is 6.20. The summed E-state index contributed by atoms with van der Waals surface area (Å²) in [7, 11) is 0. The van der Waals surface area contributed by atoms with Gasteiger partial charge < -0.3 is 10.2 Å². The van der Waals surface area contributed by atoms with Crippen LogP contribution in [0.25, 0.3) is 0 Å². The van der Waals surface area contributed by atoms with Gasteiger partial charge >= 0.3 is 0 Å². The fraction of sp³-hybridized carbons (Fsp3) is 0.360. The Labute approximate surface area is 172 Å². The molecule has 2 aliphatic rings. The predicted octanol–water partition coefficient (Wildman–Crippen LogP) is 3.03. The number of rotatable bonds is 4. The summed E-state index contributed by atoms with van der Waals surface area (Å²) in [6, 6.07) is 19.8. The molecular weight excluding hydrogens is 360 g/mol. The highest BCUT2D eigenvalue weighted by atomic mass is 16.2. The summed E-state index contributed by atoms with van der Waals surface area (Å²) in [5.74, 6) is 5.84. The van der Waals surface area contributed by atoms with Crippen molar-refractivity contribution in [1.82, 2.24) is 10.2 Å². The molecule has 2 amide bonds. The zero-order valence-electron chi connectivity index (χ0n) is 16.6. The smallest absolute Gasteiger partial charge is 0.298 e. The minimum atomic E-state index is -0.117. The van der Waals surface area contributed by atoms with Crippen molar-refractivity contribution >= 4 is 11.8 Å². The highest BCUT2D eigenvalue weighted by molar-refractivity contribution is 5.94. The van der Waals surface area contributed by atoms with Gasteiger partial charge in [-0.3, -0.25) is 9.59 Å². The first-order valence-electron chi connectivity index (χ1n) is 10.3. The summed E-state index contributed by atoms with van der Waals surface area (Å²) in [4.78, 5) is 26.7. The second-order valence-corrected chi connectivity index (χ2v) is 8.05. The average molecular weight is 386 g/mol. The second-order valence-electron chi connectivity index (χ2n) is 8.05. The van der Waals surface area contributed by atoms with Crippen LogP contribution in [0.2, 0.25) is 0 Å². The van der Waals surface area contributed by atoms with Crippen LogP contribution in [0.5, 0.6) is 0 Å². The molecule has 29 heavy (non-hydrogen) atoms. The van der Waals surface area contributed by atoms with Crippen molar-refractivity contribution < 1.29 is 9.59 Å². The maximum atomic E-state index is 12.5. The summed E-state index contributed by atoms with van der Waals surface area (Å²) in [6.07, 6.45) is 3.58. The molecule has 4 nitrogen and oxygen atoms in total. The van der Waals surface area contributed by atoms with E-state index in [-0.39, 0.29) is 23.1 Å². The van der Waals surface area contributed by atoms with E-state index in [0.29, 0.717) is 19.6 Å². The normalized spacial score (nSPS) is 19.2. The molecule has 0 unspecified atom stereocenters. The molecule has 1 heterocycles. The quantitative estimate of drug-likeness (QED) is 0.821. The van der Waals surface area contributed by atoms with Gasteiger partial charge in [0.1, 0.15) is 0 Å². The Morgan fingerprint density at radius 2 is 1.66 bits per heavy atom. The van der Waals surface area contributed by atoms with Gasteiger partial charge in [0.05, 0.1) is 0 Å². The summed E-state index contributed by atoms with van der Waals surface area (Å²) < 4.78 is 0. The van der Waals surface area contributed by atoms with Gasteiger partial charge in [-0.15, -0.1) is 0 Å². The molecule has 0 radical (unpaired) electrons. The van der Waals surface area contributed by atoms with Gasteiger partial charge in [-0.25, -0.2) is 0 Å². The maximum absolute atomic E-state index is 12.5. The van der Waals surface area contributed by atoms with Crippen LogP contribution in [0, 0.1) is 23.2 Å². The molecule has 1 N–H and O–H groups in total. The van der Waals surface area contributed by atoms with Gasteiger partial charge in [-0.05, 0) is 48.8 Å². The summed E-state index contributed by atoms with van der Waals surface area (Å²) >= 11 is 0. The zero-order valence-corrected chi connectivity index (χ0v) is 16.6. The largest absolute Gasteiger partial charge is 0.356 e. The van der Waals surface area contributed by atoms with Crippen molar-refractivity contribution in [2.75, 3.05) is 19.6 Å². The number of carbonyl (C=O) groups excluding carboxylic acids is 2. The average Bonchev–Trinajstić information content (AvgIpc) is 3.47. The number of hydrogen-bond acceptors (Lipinski definition) is 2. The molecule has 2 fully saturated rings. The molecule has 148 valence electrons. The Morgan fingerprint density at radius 1 is 1.00 bits per heavy atom. The van der Waals surface area contributed by atoms with Gasteiger partial charge in [0.2, 0.25) is 5.91 Å². The van der Waals surface area contributed by atoms with E-state index in [9.17, 15) is 9.59 Å². The number of amides is 2. The van der Waals surface area contributed by atoms with Crippen LogP contribution in [0.15, 0.2) is 60.7 Å². The number of hydrogen-bond donors (Lipinski definition) is 1. The van der Waals surface area contributed by atoms with Crippen LogP contribution in [0.4, 0.5) is 0 Å². The van der Waals surface area contributed by atoms with Crippen LogP contribution < -0.4 is 5.32 Å². The van der Waals surface area contributed by atoms with Crippen LogP contribution in [0.1, 0.15) is 30.4 Å². The minimum Gasteiger partial charge on any atom is -0.356 e. The number of benzene rings is 2. The van der Waals surface area contributed by atoms with Gasteiger partial charge in [-0.2, -0.15) is 0 Å². The summed E-state index contributed by atoms with van der Waals surface area (Å²) in [6.45, 7) is 2.06. The van der Waals surface area contributed by atoms with E-state index in [1.165, 1.54) is 5.56 Å². The fourth-order valence-corrected chi connectivity index (χ4v) is 4.25. The lowest BCUT2D eigenvalue weighted by Crippen LogP contribution is -2.40. The van der Waals surface area contributed by atoms with E-state index in [1.54, 1.807) is 0 Å². The molecule has 0 bridgehead atoms. The van der Waals surface area contributed by atoms with Crippen molar-refractivity contribution in [2.24, 2.45) is 11.3 Å². The first-order valence-corrected chi connectivity index (χ1v) is 10.3. The van der Waals surface area contributed by atoms with Crippen LogP contribution >= 0.6 is 0 Å². The maximum Gasteiger partial charge on any atom is 0.298 e. The van der Waals surface area contributed by atoms with Gasteiger partial charge in [0.25, 0.3) is 5.91 Å². The third kappa shape index (κ3) is 4.68. The lowest BCUT2D eigenvalue weighted by Gasteiger charge is -2.31. The second kappa shape index (κ2) is 8.53. The molecule has 1 aliphatic carbocycles. The Kier molecular flexibility index (Phi) is 5.67. The molecule has 2 aromatic carbocycles. The van der Waals surface area contributed by atoms with E-state index in [2.05, 4.69) is 29.3 Å². The van der Waals surface area contributed by atoms with Crippen LogP contribution in [-0.4, -0.2) is 36.3 Å². The number of piperidine rings is 1. The van der Waals surface area contributed by atoms with Crippen molar-refractivity contribution in [3.63, 3.8) is 0 Å². The zero-order chi connectivity index (χ0) is 20.1. The molecule has 4 rings (SSSR count). The Bertz CT molecular complexity index is 920. The number of carbonyl (C=O) groups is 2. The molecule has 1 spiro atoms. The first-order chi connectivity index (χ1) is 14.2. The first kappa shape index (κ1) is 19.3. The number of likely N-dealkylation sites (tertiary alicyclic amines) is 1. The highest BCUT2D eigenvalue weighted by Crippen LogP contribution is 2.59. The number of nitrogens with zero attached hydrogens (tertiary/aromatic N) is 1. The molecular formula is C25H26N2O2. The molecule has 4 heteroatoms. The lowest BCUT2D eigenvalue weighted by molar-refractivity contribution is -0.127.